The highest BCUT2D eigenvalue weighted by Gasteiger charge is 2.10. The molecule has 90 valence electrons. The normalized spacial score (nSPS) is 11.0. The lowest BCUT2D eigenvalue weighted by molar-refractivity contribution is 0.619. The van der Waals surface area contributed by atoms with Gasteiger partial charge in [-0.2, -0.15) is 0 Å². The van der Waals surface area contributed by atoms with E-state index in [1.54, 1.807) is 24.5 Å². The number of oxazole rings is 1. The van der Waals surface area contributed by atoms with E-state index in [2.05, 4.69) is 25.9 Å². The molecule has 3 aromatic rings. The van der Waals surface area contributed by atoms with Crippen molar-refractivity contribution >= 4 is 44.3 Å². The van der Waals surface area contributed by atoms with Crippen molar-refractivity contribution in [1.29, 1.82) is 0 Å². The molecule has 4 nitrogen and oxygen atoms in total. The van der Waals surface area contributed by atoms with Gasteiger partial charge >= 0.3 is 0 Å². The quantitative estimate of drug-likeness (QED) is 0.690. The van der Waals surface area contributed by atoms with E-state index in [1.165, 1.54) is 0 Å². The first kappa shape index (κ1) is 11.5. The summed E-state index contributed by atoms with van der Waals surface area (Å²) >= 11 is 9.30. The Morgan fingerprint density at radius 2 is 2.06 bits per heavy atom. The lowest BCUT2D eigenvalue weighted by atomic mass is 10.3. The van der Waals surface area contributed by atoms with Gasteiger partial charge in [-0.05, 0) is 28.1 Å². The second-order valence-electron chi connectivity index (χ2n) is 3.75. The predicted molar refractivity (Wildman–Crippen MR) is 74.4 cm³/mol. The first-order valence-corrected chi connectivity index (χ1v) is 6.27. The number of aromatic nitrogens is 2. The topological polar surface area (TPSA) is 64.9 Å². The van der Waals surface area contributed by atoms with Crippen molar-refractivity contribution in [2.75, 3.05) is 5.73 Å². The molecule has 0 spiro atoms. The Morgan fingerprint density at radius 3 is 2.83 bits per heavy atom. The Hall–Kier alpha value is -1.59. The Morgan fingerprint density at radius 1 is 1.22 bits per heavy atom. The van der Waals surface area contributed by atoms with Crippen LogP contribution in [0.15, 0.2) is 39.5 Å². The summed E-state index contributed by atoms with van der Waals surface area (Å²) in [4.78, 5) is 8.43. The summed E-state index contributed by atoms with van der Waals surface area (Å²) in [6.45, 7) is 0. The van der Waals surface area contributed by atoms with Crippen molar-refractivity contribution in [2.24, 2.45) is 0 Å². The number of anilines is 1. The number of benzene rings is 1. The van der Waals surface area contributed by atoms with Crippen molar-refractivity contribution in [3.05, 3.63) is 40.1 Å². The van der Waals surface area contributed by atoms with Crippen molar-refractivity contribution < 1.29 is 4.42 Å². The number of rotatable bonds is 1. The molecule has 2 aromatic heterocycles. The van der Waals surface area contributed by atoms with E-state index in [4.69, 9.17) is 21.8 Å². The van der Waals surface area contributed by atoms with Gasteiger partial charge in [0.2, 0.25) is 5.89 Å². The third-order valence-electron chi connectivity index (χ3n) is 2.46. The minimum Gasteiger partial charge on any atom is -0.436 e. The summed E-state index contributed by atoms with van der Waals surface area (Å²) in [5.74, 6) is 0.487. The second-order valence-corrected chi connectivity index (χ2v) is 5.08. The average molecular weight is 325 g/mol. The minimum absolute atomic E-state index is 0.467. The predicted octanol–water partition coefficient (Wildman–Crippen LogP) is 3.89. The Labute approximate surface area is 116 Å². The van der Waals surface area contributed by atoms with Crippen molar-refractivity contribution in [1.82, 2.24) is 9.97 Å². The Kier molecular flexibility index (Phi) is 2.72. The van der Waals surface area contributed by atoms with E-state index in [1.807, 2.05) is 6.07 Å². The van der Waals surface area contributed by atoms with E-state index in [-0.39, 0.29) is 0 Å². The molecule has 6 heteroatoms. The fourth-order valence-corrected chi connectivity index (χ4v) is 2.14. The van der Waals surface area contributed by atoms with Crippen molar-refractivity contribution in [3.8, 4) is 11.5 Å². The molecule has 2 N–H and O–H groups in total. The van der Waals surface area contributed by atoms with E-state index >= 15 is 0 Å². The molecule has 1 aromatic carbocycles. The lowest BCUT2D eigenvalue weighted by Crippen LogP contribution is -1.84. The first-order valence-electron chi connectivity index (χ1n) is 5.10. The molecular formula is C12H7BrClN3O. The van der Waals surface area contributed by atoms with E-state index < -0.39 is 0 Å². The second kappa shape index (κ2) is 4.26. The van der Waals surface area contributed by atoms with Crippen LogP contribution in [-0.4, -0.2) is 9.97 Å². The Bertz CT molecular complexity index is 702. The number of pyridine rings is 1. The third kappa shape index (κ3) is 1.95. The summed E-state index contributed by atoms with van der Waals surface area (Å²) in [6, 6.07) is 5.23. The average Bonchev–Trinajstić information content (AvgIpc) is 2.73. The summed E-state index contributed by atoms with van der Waals surface area (Å²) in [6.07, 6.45) is 3.38. The van der Waals surface area contributed by atoms with Crippen LogP contribution in [0.1, 0.15) is 0 Å². The van der Waals surface area contributed by atoms with Crippen LogP contribution in [0.3, 0.4) is 0 Å². The van der Waals surface area contributed by atoms with Crippen LogP contribution >= 0.6 is 27.5 Å². The highest BCUT2D eigenvalue weighted by Crippen LogP contribution is 2.30. The van der Waals surface area contributed by atoms with Crippen LogP contribution in [0.4, 0.5) is 5.69 Å². The molecule has 0 bridgehead atoms. The van der Waals surface area contributed by atoms with Gasteiger partial charge in [0, 0.05) is 22.9 Å². The van der Waals surface area contributed by atoms with Gasteiger partial charge < -0.3 is 10.2 Å². The van der Waals surface area contributed by atoms with E-state index in [0.717, 1.165) is 10.0 Å². The molecule has 0 aliphatic carbocycles. The number of nitrogen functional groups attached to an aromatic ring is 1. The van der Waals surface area contributed by atoms with Crippen molar-refractivity contribution in [3.63, 3.8) is 0 Å². The maximum absolute atomic E-state index is 5.94. The molecule has 0 saturated heterocycles. The van der Waals surface area contributed by atoms with Gasteiger partial charge in [0.25, 0.3) is 0 Å². The monoisotopic (exact) mass is 323 g/mol. The van der Waals surface area contributed by atoms with Gasteiger partial charge in [-0.15, -0.1) is 0 Å². The number of fused-ring (bicyclic) bond motifs is 1. The van der Waals surface area contributed by atoms with Gasteiger partial charge in [-0.3, -0.25) is 4.98 Å². The van der Waals surface area contributed by atoms with Crippen LogP contribution in [0.2, 0.25) is 5.02 Å². The highest BCUT2D eigenvalue weighted by atomic mass is 79.9. The highest BCUT2D eigenvalue weighted by molar-refractivity contribution is 9.10. The fourth-order valence-electron chi connectivity index (χ4n) is 1.62. The van der Waals surface area contributed by atoms with Gasteiger partial charge in [0.15, 0.2) is 5.58 Å². The molecular weight excluding hydrogens is 318 g/mol. The SMILES string of the molecule is Nc1cc2oc(-c3cncc(Br)c3)nc2cc1Cl. The third-order valence-corrected chi connectivity index (χ3v) is 3.22. The van der Waals surface area contributed by atoms with E-state index in [0.29, 0.717) is 27.7 Å². The zero-order chi connectivity index (χ0) is 12.7. The number of nitrogens with two attached hydrogens (primary N) is 1. The van der Waals surface area contributed by atoms with Crippen LogP contribution in [0.5, 0.6) is 0 Å². The van der Waals surface area contributed by atoms with Gasteiger partial charge in [-0.1, -0.05) is 11.6 Å². The molecule has 0 unspecified atom stereocenters. The summed E-state index contributed by atoms with van der Waals surface area (Å²) in [7, 11) is 0. The Balaban J connectivity index is 2.19. The van der Waals surface area contributed by atoms with E-state index in [9.17, 15) is 0 Å². The zero-order valence-corrected chi connectivity index (χ0v) is 11.4. The standard InChI is InChI=1S/C12H7BrClN3O/c13-7-1-6(4-16-5-7)12-17-10-2-8(14)9(15)3-11(10)18-12/h1-5H,15H2. The summed E-state index contributed by atoms with van der Waals surface area (Å²) in [5, 5.41) is 0.467. The zero-order valence-electron chi connectivity index (χ0n) is 9.02. The fraction of sp³-hybridized carbons (Fsp3) is 0. The molecule has 18 heavy (non-hydrogen) atoms. The summed E-state index contributed by atoms with van der Waals surface area (Å²) in [5.41, 5.74) is 8.25. The number of hydrogen-bond donors (Lipinski definition) is 1. The number of halogens is 2. The molecule has 2 heterocycles. The summed E-state index contributed by atoms with van der Waals surface area (Å²) < 4.78 is 6.50. The first-order chi connectivity index (χ1) is 8.63. The largest absolute Gasteiger partial charge is 0.436 e. The molecule has 0 atom stereocenters. The van der Waals surface area contributed by atoms with Gasteiger partial charge in [-0.25, -0.2) is 4.98 Å². The van der Waals surface area contributed by atoms with Gasteiger partial charge in [0.05, 0.1) is 16.3 Å². The van der Waals surface area contributed by atoms with Crippen LogP contribution in [0.25, 0.3) is 22.6 Å². The number of nitrogens with zero attached hydrogens (tertiary/aromatic N) is 2. The van der Waals surface area contributed by atoms with Crippen LogP contribution in [-0.2, 0) is 0 Å². The number of hydrogen-bond acceptors (Lipinski definition) is 4. The van der Waals surface area contributed by atoms with Gasteiger partial charge in [0.1, 0.15) is 5.52 Å². The maximum atomic E-state index is 5.94. The smallest absolute Gasteiger partial charge is 0.228 e. The minimum atomic E-state index is 0.467. The molecule has 3 rings (SSSR count). The molecule has 0 radical (unpaired) electrons. The molecule has 0 saturated carbocycles. The lowest BCUT2D eigenvalue weighted by Gasteiger charge is -1.94. The van der Waals surface area contributed by atoms with Crippen LogP contribution in [0, 0.1) is 0 Å². The van der Waals surface area contributed by atoms with Crippen molar-refractivity contribution in [2.45, 2.75) is 0 Å². The van der Waals surface area contributed by atoms with Crippen LogP contribution < -0.4 is 5.73 Å². The molecule has 0 aliphatic rings. The molecule has 0 fully saturated rings. The molecule has 0 aliphatic heterocycles. The molecule has 0 amide bonds. The maximum Gasteiger partial charge on any atom is 0.228 e.